The summed E-state index contributed by atoms with van der Waals surface area (Å²) < 4.78 is 11.4. The van der Waals surface area contributed by atoms with E-state index in [1.807, 2.05) is 12.1 Å². The summed E-state index contributed by atoms with van der Waals surface area (Å²) in [5, 5.41) is 10.3. The molecule has 0 fully saturated rings. The van der Waals surface area contributed by atoms with Crippen molar-refractivity contribution in [3.8, 4) is 17.1 Å². The number of methoxy groups -OCH3 is 1. The van der Waals surface area contributed by atoms with Crippen LogP contribution in [0.25, 0.3) is 22.3 Å². The summed E-state index contributed by atoms with van der Waals surface area (Å²) in [5.74, 6) is 1.44. The smallest absolute Gasteiger partial charge is 0.176 e. The molecule has 0 unspecified atom stereocenters. The molecule has 3 nitrogen and oxygen atoms in total. The van der Waals surface area contributed by atoms with Crippen LogP contribution >= 0.6 is 0 Å². The Labute approximate surface area is 136 Å². The molecule has 2 aromatic carbocycles. The molecule has 0 aliphatic heterocycles. The molecule has 3 aromatic rings. The lowest BCUT2D eigenvalue weighted by molar-refractivity contribution is 0.281. The van der Waals surface area contributed by atoms with Gasteiger partial charge in [-0.15, -0.1) is 0 Å². The fourth-order valence-corrected chi connectivity index (χ4v) is 2.70. The van der Waals surface area contributed by atoms with E-state index in [0.717, 1.165) is 22.3 Å². The second-order valence-corrected chi connectivity index (χ2v) is 6.81. The van der Waals surface area contributed by atoms with E-state index in [0.29, 0.717) is 11.3 Å². The van der Waals surface area contributed by atoms with Gasteiger partial charge in [0.15, 0.2) is 11.3 Å². The molecule has 0 bridgehead atoms. The minimum absolute atomic E-state index is 0.0207. The van der Waals surface area contributed by atoms with E-state index in [9.17, 15) is 5.11 Å². The molecule has 3 heteroatoms. The lowest BCUT2D eigenvalue weighted by atomic mass is 9.86. The molecule has 23 heavy (non-hydrogen) atoms. The number of rotatable bonds is 3. The highest BCUT2D eigenvalue weighted by Gasteiger charge is 2.15. The van der Waals surface area contributed by atoms with Crippen molar-refractivity contribution in [1.29, 1.82) is 0 Å². The van der Waals surface area contributed by atoms with Crippen molar-refractivity contribution in [1.82, 2.24) is 0 Å². The zero-order valence-corrected chi connectivity index (χ0v) is 14.0. The molecular weight excluding hydrogens is 288 g/mol. The first-order valence-electron chi connectivity index (χ1n) is 7.74. The average molecular weight is 310 g/mol. The summed E-state index contributed by atoms with van der Waals surface area (Å²) in [6.07, 6.45) is 0. The fourth-order valence-electron chi connectivity index (χ4n) is 2.70. The van der Waals surface area contributed by atoms with Crippen LogP contribution in [0.15, 0.2) is 46.9 Å². The number of ether oxygens (including phenoxy) is 1. The second-order valence-electron chi connectivity index (χ2n) is 6.81. The number of hydrogen-bond acceptors (Lipinski definition) is 3. The Morgan fingerprint density at radius 1 is 1.04 bits per heavy atom. The van der Waals surface area contributed by atoms with Crippen LogP contribution in [0.1, 0.15) is 31.9 Å². The van der Waals surface area contributed by atoms with Gasteiger partial charge in [-0.1, -0.05) is 45.0 Å². The molecule has 0 saturated carbocycles. The van der Waals surface area contributed by atoms with Gasteiger partial charge in [-0.2, -0.15) is 0 Å². The minimum Gasteiger partial charge on any atom is -0.493 e. The molecule has 0 radical (unpaired) electrons. The molecule has 0 saturated heterocycles. The Morgan fingerprint density at radius 2 is 1.74 bits per heavy atom. The summed E-state index contributed by atoms with van der Waals surface area (Å²) in [4.78, 5) is 0. The first-order valence-corrected chi connectivity index (χ1v) is 7.74. The summed E-state index contributed by atoms with van der Waals surface area (Å²) in [6, 6.07) is 14.2. The van der Waals surface area contributed by atoms with Gasteiger partial charge in [-0.25, -0.2) is 0 Å². The lowest BCUT2D eigenvalue weighted by Gasteiger charge is -2.18. The van der Waals surface area contributed by atoms with Gasteiger partial charge >= 0.3 is 0 Å². The second kappa shape index (κ2) is 5.74. The van der Waals surface area contributed by atoms with Gasteiger partial charge in [0.25, 0.3) is 0 Å². The van der Waals surface area contributed by atoms with Crippen LogP contribution in [0, 0.1) is 0 Å². The normalized spacial score (nSPS) is 11.9. The first kappa shape index (κ1) is 15.6. The van der Waals surface area contributed by atoms with Crippen LogP contribution in [0.2, 0.25) is 0 Å². The van der Waals surface area contributed by atoms with Crippen molar-refractivity contribution in [2.45, 2.75) is 32.8 Å². The van der Waals surface area contributed by atoms with Crippen molar-refractivity contribution >= 4 is 11.0 Å². The van der Waals surface area contributed by atoms with Crippen LogP contribution in [-0.4, -0.2) is 12.2 Å². The Kier molecular flexibility index (Phi) is 3.90. The third kappa shape index (κ3) is 2.97. The third-order valence-corrected chi connectivity index (χ3v) is 4.08. The van der Waals surface area contributed by atoms with E-state index in [-0.39, 0.29) is 12.0 Å². The number of fused-ring (bicyclic) bond motifs is 1. The maximum absolute atomic E-state index is 9.36. The molecule has 1 heterocycles. The van der Waals surface area contributed by atoms with Gasteiger partial charge in [-0.05, 0) is 34.7 Å². The average Bonchev–Trinajstić information content (AvgIpc) is 2.97. The van der Waals surface area contributed by atoms with Crippen LogP contribution in [0.4, 0.5) is 0 Å². The molecule has 1 aromatic heterocycles. The van der Waals surface area contributed by atoms with Gasteiger partial charge in [0, 0.05) is 10.9 Å². The van der Waals surface area contributed by atoms with Crippen LogP contribution < -0.4 is 4.74 Å². The van der Waals surface area contributed by atoms with Crippen LogP contribution in [-0.2, 0) is 12.0 Å². The van der Waals surface area contributed by atoms with Crippen molar-refractivity contribution in [3.05, 3.63) is 53.6 Å². The van der Waals surface area contributed by atoms with Crippen molar-refractivity contribution in [2.75, 3.05) is 7.11 Å². The Hall–Kier alpha value is -2.26. The van der Waals surface area contributed by atoms with Gasteiger partial charge in [0.2, 0.25) is 0 Å². The predicted molar refractivity (Wildman–Crippen MR) is 92.8 cm³/mol. The maximum Gasteiger partial charge on any atom is 0.176 e. The minimum atomic E-state index is -0.0207. The van der Waals surface area contributed by atoms with Crippen LogP contribution in [0.5, 0.6) is 5.75 Å². The van der Waals surface area contributed by atoms with Crippen molar-refractivity contribution < 1.29 is 14.3 Å². The molecule has 3 rings (SSSR count). The molecule has 1 N–H and O–H groups in total. The van der Waals surface area contributed by atoms with E-state index in [2.05, 4.69) is 45.0 Å². The third-order valence-electron chi connectivity index (χ3n) is 4.08. The monoisotopic (exact) mass is 310 g/mol. The van der Waals surface area contributed by atoms with E-state index in [1.165, 1.54) is 5.56 Å². The summed E-state index contributed by atoms with van der Waals surface area (Å²) in [5.41, 5.74) is 3.97. The first-order chi connectivity index (χ1) is 10.9. The van der Waals surface area contributed by atoms with Gasteiger partial charge in [0.1, 0.15) is 5.76 Å². The topological polar surface area (TPSA) is 42.6 Å². The van der Waals surface area contributed by atoms with E-state index >= 15 is 0 Å². The van der Waals surface area contributed by atoms with E-state index in [1.54, 1.807) is 13.2 Å². The Bertz CT molecular complexity index is 820. The number of aliphatic hydroxyl groups is 1. The maximum atomic E-state index is 9.36. The van der Waals surface area contributed by atoms with Gasteiger partial charge in [-0.3, -0.25) is 0 Å². The van der Waals surface area contributed by atoms with E-state index < -0.39 is 0 Å². The summed E-state index contributed by atoms with van der Waals surface area (Å²) in [6.45, 7) is 6.58. The van der Waals surface area contributed by atoms with Crippen LogP contribution in [0.3, 0.4) is 0 Å². The lowest BCUT2D eigenvalue weighted by Crippen LogP contribution is -2.10. The zero-order chi connectivity index (χ0) is 16.6. The Morgan fingerprint density at radius 3 is 2.30 bits per heavy atom. The fraction of sp³-hybridized carbons (Fsp3) is 0.300. The number of aliphatic hydroxyl groups excluding tert-OH is 1. The number of hydrogen-bond donors (Lipinski definition) is 1. The van der Waals surface area contributed by atoms with Crippen molar-refractivity contribution in [2.24, 2.45) is 0 Å². The predicted octanol–water partition coefficient (Wildman–Crippen LogP) is 4.90. The quantitative estimate of drug-likeness (QED) is 0.748. The van der Waals surface area contributed by atoms with E-state index in [4.69, 9.17) is 9.15 Å². The highest BCUT2D eigenvalue weighted by Crippen LogP contribution is 2.35. The molecule has 0 aliphatic carbocycles. The van der Waals surface area contributed by atoms with Crippen molar-refractivity contribution in [3.63, 3.8) is 0 Å². The highest BCUT2D eigenvalue weighted by atomic mass is 16.5. The number of furan rings is 1. The largest absolute Gasteiger partial charge is 0.493 e. The molecule has 0 spiro atoms. The van der Waals surface area contributed by atoms with Gasteiger partial charge < -0.3 is 14.3 Å². The number of benzene rings is 2. The summed E-state index contributed by atoms with van der Waals surface area (Å²) >= 11 is 0. The van der Waals surface area contributed by atoms with Gasteiger partial charge in [0.05, 0.1) is 13.7 Å². The SMILES string of the molecule is COc1cc(CO)cc2cc(-c3ccc(C(C)(C)C)cc3)oc12. The summed E-state index contributed by atoms with van der Waals surface area (Å²) in [7, 11) is 1.61. The molecule has 0 amide bonds. The molecule has 0 aliphatic rings. The highest BCUT2D eigenvalue weighted by molar-refractivity contribution is 5.88. The molecular formula is C20H22O3. The standard InChI is InChI=1S/C20H22O3/c1-20(2,3)16-7-5-14(6-8-16)17-11-15-9-13(12-21)10-18(22-4)19(15)23-17/h5-11,21H,12H2,1-4H3. The molecule has 0 atom stereocenters. The Balaban J connectivity index is 2.06. The molecule has 120 valence electrons. The zero-order valence-electron chi connectivity index (χ0n) is 14.0.